The van der Waals surface area contributed by atoms with Crippen LogP contribution in [0.5, 0.6) is 0 Å². The van der Waals surface area contributed by atoms with Gasteiger partial charge in [-0.2, -0.15) is 0 Å². The molecule has 2 aromatic heterocycles. The number of fused-ring (bicyclic) bond motifs is 1. The number of carbonyl (C=O) groups excluding carboxylic acids is 2. The van der Waals surface area contributed by atoms with Gasteiger partial charge in [0.1, 0.15) is 0 Å². The minimum absolute atomic E-state index is 0.355. The number of aromatic nitrogens is 2. The van der Waals surface area contributed by atoms with Gasteiger partial charge in [0.05, 0.1) is 22.3 Å². The van der Waals surface area contributed by atoms with E-state index in [0.29, 0.717) is 27.7 Å². The lowest BCUT2D eigenvalue weighted by Crippen LogP contribution is -2.41. The third-order valence-electron chi connectivity index (χ3n) is 4.83. The highest BCUT2D eigenvalue weighted by molar-refractivity contribution is 6.08. The van der Waals surface area contributed by atoms with E-state index in [-0.39, 0.29) is 0 Å². The lowest BCUT2D eigenvalue weighted by Gasteiger charge is -2.13. The Morgan fingerprint density at radius 3 is 2.43 bits per heavy atom. The Hall–Kier alpha value is -4.06. The lowest BCUT2D eigenvalue weighted by molar-refractivity contribution is 0.0847. The van der Waals surface area contributed by atoms with Crippen LogP contribution in [0.25, 0.3) is 22.2 Å². The van der Waals surface area contributed by atoms with Crippen molar-refractivity contribution in [2.45, 2.75) is 13.8 Å². The largest absolute Gasteiger partial charge is 0.271 e. The molecular weight excluding hydrogens is 376 g/mol. The fourth-order valence-electron chi connectivity index (χ4n) is 3.35. The maximum Gasteiger partial charge on any atom is 0.271 e. The van der Waals surface area contributed by atoms with Crippen LogP contribution in [0.2, 0.25) is 0 Å². The number of carbonyl (C=O) groups is 2. The molecule has 148 valence electrons. The van der Waals surface area contributed by atoms with Gasteiger partial charge < -0.3 is 0 Å². The third-order valence-corrected chi connectivity index (χ3v) is 4.83. The number of hydrazine groups is 1. The van der Waals surface area contributed by atoms with Crippen molar-refractivity contribution in [1.82, 2.24) is 20.8 Å². The molecule has 4 rings (SSSR count). The normalized spacial score (nSPS) is 10.6. The van der Waals surface area contributed by atoms with E-state index in [0.717, 1.165) is 16.7 Å². The van der Waals surface area contributed by atoms with Crippen molar-refractivity contribution in [1.29, 1.82) is 0 Å². The van der Waals surface area contributed by atoms with E-state index < -0.39 is 11.8 Å². The number of pyridine rings is 2. The maximum absolute atomic E-state index is 12.9. The average molecular weight is 396 g/mol. The smallest absolute Gasteiger partial charge is 0.267 e. The monoisotopic (exact) mass is 396 g/mol. The number of nitrogens with zero attached hydrogens (tertiary/aromatic N) is 2. The van der Waals surface area contributed by atoms with E-state index in [1.165, 1.54) is 6.20 Å². The molecule has 2 heterocycles. The molecular formula is C24H20N4O2. The summed E-state index contributed by atoms with van der Waals surface area (Å²) in [6.07, 6.45) is 3.01. The summed E-state index contributed by atoms with van der Waals surface area (Å²) in [4.78, 5) is 33.8. The van der Waals surface area contributed by atoms with Gasteiger partial charge >= 0.3 is 0 Å². The molecule has 6 nitrogen and oxygen atoms in total. The van der Waals surface area contributed by atoms with E-state index in [9.17, 15) is 9.59 Å². The Bertz CT molecular complexity index is 1250. The number of rotatable bonds is 3. The van der Waals surface area contributed by atoms with E-state index in [4.69, 9.17) is 4.98 Å². The first-order valence-corrected chi connectivity index (χ1v) is 9.51. The molecule has 0 saturated carbocycles. The Balaban J connectivity index is 1.68. The molecule has 0 radical (unpaired) electrons. The van der Waals surface area contributed by atoms with Crippen LogP contribution in [0.3, 0.4) is 0 Å². The molecule has 0 aliphatic rings. The van der Waals surface area contributed by atoms with Crippen molar-refractivity contribution >= 4 is 22.7 Å². The van der Waals surface area contributed by atoms with Gasteiger partial charge in [-0.05, 0) is 43.7 Å². The van der Waals surface area contributed by atoms with Gasteiger partial charge in [-0.15, -0.1) is 0 Å². The van der Waals surface area contributed by atoms with Gasteiger partial charge in [0.25, 0.3) is 11.8 Å². The molecule has 6 heteroatoms. The zero-order valence-electron chi connectivity index (χ0n) is 16.6. The summed E-state index contributed by atoms with van der Waals surface area (Å²) in [6, 6.07) is 18.6. The summed E-state index contributed by atoms with van der Waals surface area (Å²) in [5.74, 6) is -0.860. The Morgan fingerprint density at radius 1 is 0.867 bits per heavy atom. The topological polar surface area (TPSA) is 84.0 Å². The van der Waals surface area contributed by atoms with Crippen molar-refractivity contribution < 1.29 is 9.59 Å². The molecule has 0 spiro atoms. The molecule has 0 atom stereocenters. The van der Waals surface area contributed by atoms with Crippen LogP contribution >= 0.6 is 0 Å². The van der Waals surface area contributed by atoms with Crippen LogP contribution < -0.4 is 10.9 Å². The van der Waals surface area contributed by atoms with Gasteiger partial charge in [-0.1, -0.05) is 42.0 Å². The number of benzene rings is 2. The van der Waals surface area contributed by atoms with Gasteiger partial charge in [-0.3, -0.25) is 25.4 Å². The Labute approximate surface area is 174 Å². The molecule has 0 aliphatic heterocycles. The van der Waals surface area contributed by atoms with E-state index in [1.807, 2.05) is 50.2 Å². The highest BCUT2D eigenvalue weighted by Gasteiger charge is 2.16. The van der Waals surface area contributed by atoms with Crippen LogP contribution in [-0.4, -0.2) is 21.8 Å². The fourth-order valence-corrected chi connectivity index (χ4v) is 3.35. The standard InChI is InChI=1S/C24H20N4O2/c1-15-9-10-18(16(2)12-15)22-13-20(19-7-3-4-8-21(19)26-22)24(30)28-27-23(29)17-6-5-11-25-14-17/h3-14H,1-2H3,(H,27,29)(H,28,30). The molecule has 0 fully saturated rings. The molecule has 2 N–H and O–H groups in total. The summed E-state index contributed by atoms with van der Waals surface area (Å²) in [5.41, 5.74) is 10.3. The number of amides is 2. The Kier molecular flexibility index (Phi) is 5.22. The molecule has 0 saturated heterocycles. The molecule has 0 aliphatic carbocycles. The number of nitrogens with one attached hydrogen (secondary N) is 2. The summed E-state index contributed by atoms with van der Waals surface area (Å²) in [7, 11) is 0. The zero-order chi connectivity index (χ0) is 21.1. The van der Waals surface area contributed by atoms with E-state index in [2.05, 4.69) is 21.9 Å². The SMILES string of the molecule is Cc1ccc(-c2cc(C(=O)NNC(=O)c3cccnc3)c3ccccc3n2)c(C)c1. The van der Waals surface area contributed by atoms with Crippen LogP contribution in [0.4, 0.5) is 0 Å². The van der Waals surface area contributed by atoms with Gasteiger partial charge in [0.15, 0.2) is 0 Å². The number of hydrogen-bond acceptors (Lipinski definition) is 4. The Morgan fingerprint density at radius 2 is 1.67 bits per heavy atom. The van der Waals surface area contributed by atoms with Gasteiger partial charge in [-0.25, -0.2) is 4.98 Å². The minimum Gasteiger partial charge on any atom is -0.267 e. The van der Waals surface area contributed by atoms with Gasteiger partial charge in [0, 0.05) is 23.3 Å². The maximum atomic E-state index is 12.9. The van der Waals surface area contributed by atoms with Crippen LogP contribution in [0.1, 0.15) is 31.8 Å². The highest BCUT2D eigenvalue weighted by atomic mass is 16.2. The molecule has 4 aromatic rings. The predicted octanol–water partition coefficient (Wildman–Crippen LogP) is 3.99. The number of hydrogen-bond donors (Lipinski definition) is 2. The van der Waals surface area contributed by atoms with Gasteiger partial charge in [0.2, 0.25) is 0 Å². The third kappa shape index (κ3) is 3.89. The quantitative estimate of drug-likeness (QED) is 0.513. The van der Waals surface area contributed by atoms with Crippen molar-refractivity contribution in [2.24, 2.45) is 0 Å². The van der Waals surface area contributed by atoms with Crippen LogP contribution in [0, 0.1) is 13.8 Å². The van der Waals surface area contributed by atoms with Crippen molar-refractivity contribution in [3.05, 3.63) is 95.3 Å². The second-order valence-electron chi connectivity index (χ2n) is 7.04. The van der Waals surface area contributed by atoms with Crippen LogP contribution in [0.15, 0.2) is 73.1 Å². The summed E-state index contributed by atoms with van der Waals surface area (Å²) < 4.78 is 0. The summed E-state index contributed by atoms with van der Waals surface area (Å²) in [6.45, 7) is 4.06. The van der Waals surface area contributed by atoms with Crippen molar-refractivity contribution in [3.8, 4) is 11.3 Å². The molecule has 2 aromatic carbocycles. The summed E-state index contributed by atoms with van der Waals surface area (Å²) in [5, 5.41) is 0.708. The zero-order valence-corrected chi connectivity index (χ0v) is 16.6. The molecule has 2 amide bonds. The van der Waals surface area contributed by atoms with Crippen molar-refractivity contribution in [2.75, 3.05) is 0 Å². The second kappa shape index (κ2) is 8.13. The molecule has 0 unspecified atom stereocenters. The number of aryl methyl sites for hydroxylation is 2. The minimum atomic E-state index is -0.440. The lowest BCUT2D eigenvalue weighted by atomic mass is 9.99. The average Bonchev–Trinajstić information content (AvgIpc) is 2.77. The first kappa shape index (κ1) is 19.3. The highest BCUT2D eigenvalue weighted by Crippen LogP contribution is 2.27. The first-order chi connectivity index (χ1) is 14.5. The number of para-hydroxylation sites is 1. The first-order valence-electron chi connectivity index (χ1n) is 9.51. The second-order valence-corrected chi connectivity index (χ2v) is 7.04. The van der Waals surface area contributed by atoms with E-state index >= 15 is 0 Å². The predicted molar refractivity (Wildman–Crippen MR) is 116 cm³/mol. The summed E-state index contributed by atoms with van der Waals surface area (Å²) >= 11 is 0. The van der Waals surface area contributed by atoms with Crippen molar-refractivity contribution in [3.63, 3.8) is 0 Å². The van der Waals surface area contributed by atoms with E-state index in [1.54, 1.807) is 24.4 Å². The van der Waals surface area contributed by atoms with Crippen LogP contribution in [-0.2, 0) is 0 Å². The molecule has 0 bridgehead atoms. The fraction of sp³-hybridized carbons (Fsp3) is 0.0833. The molecule has 30 heavy (non-hydrogen) atoms.